The molecule has 0 atom stereocenters. The van der Waals surface area contributed by atoms with E-state index < -0.39 is 17.5 Å². The van der Waals surface area contributed by atoms with Gasteiger partial charge < -0.3 is 5.32 Å². The number of benzene rings is 2. The summed E-state index contributed by atoms with van der Waals surface area (Å²) in [6.45, 7) is 1.65. The third-order valence-corrected chi connectivity index (χ3v) is 2.79. The van der Waals surface area contributed by atoms with E-state index in [4.69, 9.17) is 0 Å². The molecular formula is C14H11F4N. The van der Waals surface area contributed by atoms with Crippen LogP contribution in [0.4, 0.5) is 23.2 Å². The monoisotopic (exact) mass is 269 g/mol. The molecule has 0 aliphatic heterocycles. The average Bonchev–Trinajstić information content (AvgIpc) is 2.37. The van der Waals surface area contributed by atoms with Crippen LogP contribution in [0.25, 0.3) is 0 Å². The highest BCUT2D eigenvalue weighted by molar-refractivity contribution is 5.51. The summed E-state index contributed by atoms with van der Waals surface area (Å²) in [6.07, 6.45) is 0. The van der Waals surface area contributed by atoms with Crippen LogP contribution < -0.4 is 5.32 Å². The van der Waals surface area contributed by atoms with Gasteiger partial charge in [-0.3, -0.25) is 0 Å². The Balaban J connectivity index is 2.17. The summed E-state index contributed by atoms with van der Waals surface area (Å²) in [6, 6.07) is 6.29. The second kappa shape index (κ2) is 5.30. The summed E-state index contributed by atoms with van der Waals surface area (Å²) in [5, 5.41) is 2.85. The Kier molecular flexibility index (Phi) is 3.74. The summed E-state index contributed by atoms with van der Waals surface area (Å²) < 4.78 is 52.1. The third kappa shape index (κ3) is 2.86. The maximum absolute atomic E-state index is 13.3. The molecule has 0 aromatic heterocycles. The molecular weight excluding hydrogens is 258 g/mol. The summed E-state index contributed by atoms with van der Waals surface area (Å²) in [4.78, 5) is 0. The van der Waals surface area contributed by atoms with Crippen molar-refractivity contribution in [1.29, 1.82) is 0 Å². The number of halogens is 4. The van der Waals surface area contributed by atoms with Crippen LogP contribution in [0.3, 0.4) is 0 Å². The Labute approximate surface area is 107 Å². The molecule has 2 aromatic rings. The molecule has 100 valence electrons. The molecule has 0 heterocycles. The predicted molar refractivity (Wildman–Crippen MR) is 64.8 cm³/mol. The number of anilines is 1. The molecule has 0 bridgehead atoms. The molecule has 5 heteroatoms. The van der Waals surface area contributed by atoms with Gasteiger partial charge in [-0.15, -0.1) is 0 Å². The van der Waals surface area contributed by atoms with Gasteiger partial charge in [0.1, 0.15) is 5.82 Å². The first kappa shape index (κ1) is 13.4. The minimum Gasteiger partial charge on any atom is -0.381 e. The van der Waals surface area contributed by atoms with Gasteiger partial charge in [-0.1, -0.05) is 6.07 Å². The van der Waals surface area contributed by atoms with Crippen molar-refractivity contribution in [3.8, 4) is 0 Å². The predicted octanol–water partition coefficient (Wildman–Crippen LogP) is 4.16. The molecule has 1 nitrogen and oxygen atoms in total. The number of nitrogens with one attached hydrogen (secondary N) is 1. The summed E-state index contributed by atoms with van der Waals surface area (Å²) in [7, 11) is 0. The van der Waals surface area contributed by atoms with Crippen molar-refractivity contribution in [3.63, 3.8) is 0 Å². The van der Waals surface area contributed by atoms with E-state index >= 15 is 0 Å². The van der Waals surface area contributed by atoms with Gasteiger partial charge in [-0.25, -0.2) is 17.6 Å². The second-order valence-corrected chi connectivity index (χ2v) is 4.14. The van der Waals surface area contributed by atoms with E-state index in [2.05, 4.69) is 5.32 Å². The maximum atomic E-state index is 13.3. The molecule has 1 N–H and O–H groups in total. The van der Waals surface area contributed by atoms with Gasteiger partial charge in [0.05, 0.1) is 0 Å². The summed E-state index contributed by atoms with van der Waals surface area (Å²) in [5.41, 5.74) is 1.16. The fourth-order valence-electron chi connectivity index (χ4n) is 1.71. The van der Waals surface area contributed by atoms with Crippen LogP contribution in [-0.4, -0.2) is 0 Å². The lowest BCUT2D eigenvalue weighted by Gasteiger charge is -2.10. The van der Waals surface area contributed by atoms with E-state index in [1.165, 1.54) is 12.1 Å². The number of rotatable bonds is 3. The molecule has 2 rings (SSSR count). The van der Waals surface area contributed by atoms with Gasteiger partial charge in [0.2, 0.25) is 0 Å². The minimum atomic E-state index is -1.49. The highest BCUT2D eigenvalue weighted by Gasteiger charge is 2.10. The lowest BCUT2D eigenvalue weighted by atomic mass is 10.1. The second-order valence-electron chi connectivity index (χ2n) is 4.14. The Bertz CT molecular complexity index is 587. The van der Waals surface area contributed by atoms with Crippen molar-refractivity contribution in [2.24, 2.45) is 0 Å². The third-order valence-electron chi connectivity index (χ3n) is 2.79. The maximum Gasteiger partial charge on any atom is 0.194 e. The summed E-state index contributed by atoms with van der Waals surface area (Å²) >= 11 is 0. The number of hydrogen-bond donors (Lipinski definition) is 1. The van der Waals surface area contributed by atoms with Gasteiger partial charge >= 0.3 is 0 Å². The highest BCUT2D eigenvalue weighted by Crippen LogP contribution is 2.19. The van der Waals surface area contributed by atoms with E-state index in [9.17, 15) is 17.6 Å². The lowest BCUT2D eigenvalue weighted by molar-refractivity contribution is 0.445. The highest BCUT2D eigenvalue weighted by atomic mass is 19.2. The fourth-order valence-corrected chi connectivity index (χ4v) is 1.71. The van der Waals surface area contributed by atoms with Crippen LogP contribution >= 0.6 is 0 Å². The van der Waals surface area contributed by atoms with Crippen molar-refractivity contribution in [1.82, 2.24) is 0 Å². The van der Waals surface area contributed by atoms with Crippen LogP contribution in [0, 0.1) is 30.2 Å². The molecule has 0 spiro atoms. The molecule has 0 fully saturated rings. The Morgan fingerprint density at radius 1 is 0.947 bits per heavy atom. The Morgan fingerprint density at radius 3 is 2.21 bits per heavy atom. The molecule has 0 amide bonds. The van der Waals surface area contributed by atoms with Crippen LogP contribution in [0.15, 0.2) is 30.3 Å². The molecule has 0 aliphatic rings. The smallest absolute Gasteiger partial charge is 0.194 e. The molecule has 2 aromatic carbocycles. The standard InChI is InChI=1S/C14H11F4N/c1-8-10(15)3-2-4-13(8)19-7-9-5-11(16)14(18)12(17)6-9/h2-6,19H,7H2,1H3. The normalized spacial score (nSPS) is 10.6. The molecule has 0 unspecified atom stereocenters. The van der Waals surface area contributed by atoms with Crippen molar-refractivity contribution < 1.29 is 17.6 Å². The SMILES string of the molecule is Cc1c(F)cccc1NCc1cc(F)c(F)c(F)c1. The quantitative estimate of drug-likeness (QED) is 0.651. The molecule has 0 saturated heterocycles. The first-order valence-corrected chi connectivity index (χ1v) is 5.61. The largest absolute Gasteiger partial charge is 0.381 e. The van der Waals surface area contributed by atoms with Crippen LogP contribution in [-0.2, 0) is 6.54 Å². The van der Waals surface area contributed by atoms with Crippen molar-refractivity contribution in [2.75, 3.05) is 5.32 Å². The zero-order valence-electron chi connectivity index (χ0n) is 10.1. The Hall–Kier alpha value is -2.04. The topological polar surface area (TPSA) is 12.0 Å². The van der Waals surface area contributed by atoms with Crippen LogP contribution in [0.1, 0.15) is 11.1 Å². The van der Waals surface area contributed by atoms with E-state index in [0.717, 1.165) is 12.1 Å². The van der Waals surface area contributed by atoms with E-state index in [1.807, 2.05) is 0 Å². The number of hydrogen-bond acceptors (Lipinski definition) is 1. The van der Waals surface area contributed by atoms with Gasteiger partial charge in [0.25, 0.3) is 0 Å². The minimum absolute atomic E-state index is 0.0679. The summed E-state index contributed by atoms with van der Waals surface area (Å²) in [5.74, 6) is -4.35. The molecule has 0 saturated carbocycles. The first-order valence-electron chi connectivity index (χ1n) is 5.61. The van der Waals surface area contributed by atoms with Gasteiger partial charge in [-0.05, 0) is 36.8 Å². The van der Waals surface area contributed by atoms with Gasteiger partial charge in [0, 0.05) is 17.8 Å². The fraction of sp³-hybridized carbons (Fsp3) is 0.143. The zero-order valence-corrected chi connectivity index (χ0v) is 10.1. The van der Waals surface area contributed by atoms with Crippen molar-refractivity contribution in [2.45, 2.75) is 13.5 Å². The van der Waals surface area contributed by atoms with Gasteiger partial charge in [0.15, 0.2) is 17.5 Å². The molecule has 0 radical (unpaired) electrons. The Morgan fingerprint density at radius 2 is 1.58 bits per heavy atom. The molecule has 19 heavy (non-hydrogen) atoms. The van der Waals surface area contributed by atoms with E-state index in [0.29, 0.717) is 11.3 Å². The molecule has 0 aliphatic carbocycles. The van der Waals surface area contributed by atoms with Crippen molar-refractivity contribution in [3.05, 3.63) is 64.7 Å². The van der Waals surface area contributed by atoms with Crippen LogP contribution in [0.2, 0.25) is 0 Å². The lowest BCUT2D eigenvalue weighted by Crippen LogP contribution is -2.04. The van der Waals surface area contributed by atoms with Gasteiger partial charge in [-0.2, -0.15) is 0 Å². The van der Waals surface area contributed by atoms with E-state index in [1.54, 1.807) is 13.0 Å². The zero-order chi connectivity index (χ0) is 14.0. The van der Waals surface area contributed by atoms with E-state index in [-0.39, 0.29) is 17.9 Å². The average molecular weight is 269 g/mol. The first-order chi connectivity index (χ1) is 8.99. The van der Waals surface area contributed by atoms with Crippen molar-refractivity contribution >= 4 is 5.69 Å². The van der Waals surface area contributed by atoms with Crippen LogP contribution in [0.5, 0.6) is 0 Å².